The zero-order valence-electron chi connectivity index (χ0n) is 12.6. The minimum Gasteiger partial charge on any atom is -0.481 e. The number of amides is 1. The van der Waals surface area contributed by atoms with E-state index in [9.17, 15) is 9.59 Å². The van der Waals surface area contributed by atoms with E-state index in [0.29, 0.717) is 32.4 Å². The maximum atomic E-state index is 12.2. The van der Waals surface area contributed by atoms with E-state index in [1.807, 2.05) is 12.3 Å². The Morgan fingerprint density at radius 2 is 2.23 bits per heavy atom. The molecule has 1 saturated heterocycles. The number of carbonyl (C=O) groups is 2. The van der Waals surface area contributed by atoms with E-state index in [2.05, 4.69) is 24.0 Å². The topological polar surface area (TPSA) is 73.4 Å². The van der Waals surface area contributed by atoms with E-state index < -0.39 is 11.9 Å². The van der Waals surface area contributed by atoms with Crippen molar-refractivity contribution in [2.75, 3.05) is 13.1 Å². The van der Waals surface area contributed by atoms with Crippen molar-refractivity contribution in [2.24, 2.45) is 5.92 Å². The summed E-state index contributed by atoms with van der Waals surface area (Å²) in [6.07, 6.45) is 3.63. The molecular weight excluding hydrogens is 280 g/mol. The van der Waals surface area contributed by atoms with Gasteiger partial charge in [-0.25, -0.2) is 0 Å². The average molecular weight is 300 g/mol. The fourth-order valence-corrected chi connectivity index (χ4v) is 3.16. The molecule has 0 saturated carbocycles. The summed E-state index contributed by atoms with van der Waals surface area (Å²) in [5.41, 5.74) is 3.46. The first-order valence-corrected chi connectivity index (χ1v) is 7.62. The molecule has 2 aromatic rings. The molecule has 1 fully saturated rings. The van der Waals surface area contributed by atoms with Crippen LogP contribution in [-0.4, -0.2) is 40.0 Å². The lowest BCUT2D eigenvalue weighted by Crippen LogP contribution is -2.30. The number of carboxylic acid groups (broad SMARTS) is 1. The molecule has 0 bridgehead atoms. The number of benzene rings is 1. The zero-order chi connectivity index (χ0) is 15.7. The van der Waals surface area contributed by atoms with Gasteiger partial charge in [0, 0.05) is 36.6 Å². The van der Waals surface area contributed by atoms with Crippen LogP contribution in [0.4, 0.5) is 0 Å². The molecule has 1 aromatic heterocycles. The summed E-state index contributed by atoms with van der Waals surface area (Å²) >= 11 is 0. The number of rotatable bonds is 4. The first-order chi connectivity index (χ1) is 10.6. The fraction of sp³-hybridized carbons (Fsp3) is 0.412. The van der Waals surface area contributed by atoms with E-state index in [-0.39, 0.29) is 5.91 Å². The number of carboxylic acids is 1. The van der Waals surface area contributed by atoms with Gasteiger partial charge in [0.05, 0.1) is 5.92 Å². The van der Waals surface area contributed by atoms with Crippen molar-refractivity contribution >= 4 is 22.8 Å². The standard InChI is InChI=1S/C17H20N2O3/c1-11-3-2-4-14-12(9-18-16(11)14)5-6-15(20)19-8-7-13(10-19)17(21)22/h2-4,9,13,18H,5-8,10H2,1H3,(H,21,22). The van der Waals surface area contributed by atoms with Crippen molar-refractivity contribution in [2.45, 2.75) is 26.2 Å². The van der Waals surface area contributed by atoms with Crippen LogP contribution in [0, 0.1) is 12.8 Å². The maximum Gasteiger partial charge on any atom is 0.308 e. The molecule has 22 heavy (non-hydrogen) atoms. The van der Waals surface area contributed by atoms with Gasteiger partial charge in [0.1, 0.15) is 0 Å². The van der Waals surface area contributed by atoms with Crippen LogP contribution in [0.3, 0.4) is 0 Å². The summed E-state index contributed by atoms with van der Waals surface area (Å²) in [7, 11) is 0. The number of fused-ring (bicyclic) bond motifs is 1. The zero-order valence-corrected chi connectivity index (χ0v) is 12.6. The van der Waals surface area contributed by atoms with Gasteiger partial charge >= 0.3 is 5.97 Å². The van der Waals surface area contributed by atoms with Crippen LogP contribution in [-0.2, 0) is 16.0 Å². The molecule has 1 aliphatic heterocycles. The normalized spacial score (nSPS) is 18.0. The van der Waals surface area contributed by atoms with Gasteiger partial charge in [0.15, 0.2) is 0 Å². The molecule has 1 aliphatic rings. The lowest BCUT2D eigenvalue weighted by atomic mass is 10.1. The summed E-state index contributed by atoms with van der Waals surface area (Å²) in [6.45, 7) is 2.97. The van der Waals surface area contributed by atoms with E-state index >= 15 is 0 Å². The van der Waals surface area contributed by atoms with Crippen LogP contribution in [0.5, 0.6) is 0 Å². The number of likely N-dealkylation sites (tertiary alicyclic amines) is 1. The smallest absolute Gasteiger partial charge is 0.308 e. The third kappa shape index (κ3) is 2.71. The highest BCUT2D eigenvalue weighted by molar-refractivity contribution is 5.86. The van der Waals surface area contributed by atoms with Crippen LogP contribution >= 0.6 is 0 Å². The Labute approximate surface area is 128 Å². The number of H-pyrrole nitrogens is 1. The molecule has 0 spiro atoms. The Hall–Kier alpha value is -2.30. The first kappa shape index (κ1) is 14.6. The van der Waals surface area contributed by atoms with Crippen molar-refractivity contribution in [1.82, 2.24) is 9.88 Å². The lowest BCUT2D eigenvalue weighted by molar-refractivity contribution is -0.141. The molecule has 1 atom stereocenters. The van der Waals surface area contributed by atoms with Crippen LogP contribution < -0.4 is 0 Å². The van der Waals surface area contributed by atoms with E-state index in [1.54, 1.807) is 4.90 Å². The Morgan fingerprint density at radius 3 is 2.95 bits per heavy atom. The molecule has 0 radical (unpaired) electrons. The number of carbonyl (C=O) groups excluding carboxylic acids is 1. The van der Waals surface area contributed by atoms with Gasteiger partial charge in [0.2, 0.25) is 5.91 Å². The predicted molar refractivity (Wildman–Crippen MR) is 83.7 cm³/mol. The number of aromatic nitrogens is 1. The minimum absolute atomic E-state index is 0.0470. The second kappa shape index (κ2) is 5.83. The van der Waals surface area contributed by atoms with Gasteiger partial charge < -0.3 is 15.0 Å². The fourth-order valence-electron chi connectivity index (χ4n) is 3.16. The highest BCUT2D eigenvalue weighted by Gasteiger charge is 2.30. The van der Waals surface area contributed by atoms with Crippen LogP contribution in [0.1, 0.15) is 24.0 Å². The molecule has 2 heterocycles. The van der Waals surface area contributed by atoms with Gasteiger partial charge in [-0.3, -0.25) is 9.59 Å². The molecule has 1 amide bonds. The van der Waals surface area contributed by atoms with Gasteiger partial charge in [0.25, 0.3) is 0 Å². The number of aryl methyl sites for hydroxylation is 2. The molecule has 2 N–H and O–H groups in total. The molecule has 3 rings (SSSR count). The molecule has 1 aromatic carbocycles. The molecular formula is C17H20N2O3. The first-order valence-electron chi connectivity index (χ1n) is 7.62. The van der Waals surface area contributed by atoms with Gasteiger partial charge in [-0.15, -0.1) is 0 Å². The largest absolute Gasteiger partial charge is 0.481 e. The predicted octanol–water partition coefficient (Wildman–Crippen LogP) is 2.34. The van der Waals surface area contributed by atoms with E-state index in [1.165, 1.54) is 5.56 Å². The number of nitrogens with one attached hydrogen (secondary N) is 1. The van der Waals surface area contributed by atoms with Crippen LogP contribution in [0.25, 0.3) is 10.9 Å². The third-order valence-corrected chi connectivity index (χ3v) is 4.51. The molecule has 5 heteroatoms. The minimum atomic E-state index is -0.803. The monoisotopic (exact) mass is 300 g/mol. The van der Waals surface area contributed by atoms with Crippen molar-refractivity contribution in [3.63, 3.8) is 0 Å². The summed E-state index contributed by atoms with van der Waals surface area (Å²) in [5, 5.41) is 10.2. The van der Waals surface area contributed by atoms with Gasteiger partial charge in [-0.2, -0.15) is 0 Å². The van der Waals surface area contributed by atoms with Gasteiger partial charge in [-0.1, -0.05) is 18.2 Å². The summed E-state index contributed by atoms with van der Waals surface area (Å²) < 4.78 is 0. The van der Waals surface area contributed by atoms with Crippen molar-refractivity contribution < 1.29 is 14.7 Å². The quantitative estimate of drug-likeness (QED) is 0.910. The Bertz CT molecular complexity index is 720. The maximum absolute atomic E-state index is 12.2. The highest BCUT2D eigenvalue weighted by atomic mass is 16.4. The average Bonchev–Trinajstić information content (AvgIpc) is 3.13. The third-order valence-electron chi connectivity index (χ3n) is 4.51. The molecule has 1 unspecified atom stereocenters. The summed E-state index contributed by atoms with van der Waals surface area (Å²) in [4.78, 5) is 28.1. The number of aliphatic carboxylic acids is 1. The molecule has 0 aliphatic carbocycles. The second-order valence-electron chi connectivity index (χ2n) is 5.97. The Balaban J connectivity index is 1.63. The molecule has 116 valence electrons. The highest BCUT2D eigenvalue weighted by Crippen LogP contribution is 2.23. The summed E-state index contributed by atoms with van der Waals surface area (Å²) in [6, 6.07) is 6.15. The van der Waals surface area contributed by atoms with Crippen molar-refractivity contribution in [3.8, 4) is 0 Å². The number of aromatic amines is 1. The van der Waals surface area contributed by atoms with Crippen molar-refractivity contribution in [3.05, 3.63) is 35.5 Å². The number of para-hydroxylation sites is 1. The van der Waals surface area contributed by atoms with Crippen LogP contribution in [0.15, 0.2) is 24.4 Å². The Kier molecular flexibility index (Phi) is 3.88. The van der Waals surface area contributed by atoms with Crippen LogP contribution in [0.2, 0.25) is 0 Å². The number of nitrogens with zero attached hydrogens (tertiary/aromatic N) is 1. The second-order valence-corrected chi connectivity index (χ2v) is 5.97. The number of hydrogen-bond donors (Lipinski definition) is 2. The van der Waals surface area contributed by atoms with Crippen molar-refractivity contribution in [1.29, 1.82) is 0 Å². The number of hydrogen-bond acceptors (Lipinski definition) is 2. The molecule has 5 nitrogen and oxygen atoms in total. The Morgan fingerprint density at radius 1 is 1.41 bits per heavy atom. The van der Waals surface area contributed by atoms with Gasteiger partial charge in [-0.05, 0) is 30.9 Å². The summed E-state index contributed by atoms with van der Waals surface area (Å²) in [5.74, 6) is -1.16. The SMILES string of the molecule is Cc1cccc2c(CCC(=O)N3CCC(C(=O)O)C3)c[nH]c12. The van der Waals surface area contributed by atoms with E-state index in [0.717, 1.165) is 16.5 Å². The lowest BCUT2D eigenvalue weighted by Gasteiger charge is -2.15. The van der Waals surface area contributed by atoms with E-state index in [4.69, 9.17) is 5.11 Å².